The van der Waals surface area contributed by atoms with Crippen molar-refractivity contribution in [2.24, 2.45) is 5.41 Å². The van der Waals surface area contributed by atoms with Crippen molar-refractivity contribution in [2.45, 2.75) is 71.4 Å². The van der Waals surface area contributed by atoms with Crippen LogP contribution in [0.2, 0.25) is 0 Å². The lowest BCUT2D eigenvalue weighted by Crippen LogP contribution is -2.39. The highest BCUT2D eigenvalue weighted by atomic mass is 16.3. The van der Waals surface area contributed by atoms with E-state index >= 15 is 0 Å². The molecule has 0 unspecified atom stereocenters. The van der Waals surface area contributed by atoms with E-state index in [0.717, 1.165) is 19.0 Å². The van der Waals surface area contributed by atoms with Gasteiger partial charge in [0.05, 0.1) is 5.60 Å². The number of hydrogen-bond acceptors (Lipinski definition) is 2. The van der Waals surface area contributed by atoms with E-state index in [0.29, 0.717) is 5.41 Å². The van der Waals surface area contributed by atoms with Crippen LogP contribution < -0.4 is 0 Å². The molecule has 0 bridgehead atoms. The van der Waals surface area contributed by atoms with Gasteiger partial charge in [0.1, 0.15) is 0 Å². The molecule has 96 valence electrons. The summed E-state index contributed by atoms with van der Waals surface area (Å²) in [6.45, 7) is 9.55. The molecule has 0 aliphatic heterocycles. The molecule has 1 N–H and O–H groups in total. The molecule has 2 nitrogen and oxygen atoms in total. The van der Waals surface area contributed by atoms with E-state index in [1.54, 1.807) is 0 Å². The largest absolute Gasteiger partial charge is 0.390 e. The van der Waals surface area contributed by atoms with Crippen LogP contribution in [0.1, 0.15) is 59.8 Å². The summed E-state index contributed by atoms with van der Waals surface area (Å²) in [5, 5.41) is 9.72. The molecule has 0 radical (unpaired) electrons. The zero-order chi connectivity index (χ0) is 12.4. The molecule has 1 aliphatic rings. The van der Waals surface area contributed by atoms with Crippen LogP contribution in [-0.4, -0.2) is 35.2 Å². The first-order valence-electron chi connectivity index (χ1n) is 6.62. The lowest BCUT2D eigenvalue weighted by Gasteiger charge is -2.39. The van der Waals surface area contributed by atoms with Crippen molar-refractivity contribution in [3.8, 4) is 0 Å². The zero-order valence-corrected chi connectivity index (χ0v) is 11.7. The Morgan fingerprint density at radius 3 is 2.19 bits per heavy atom. The Kier molecular flexibility index (Phi) is 4.42. The molecule has 0 amide bonds. The maximum atomic E-state index is 9.72. The molecular formula is C14H29NO. The summed E-state index contributed by atoms with van der Waals surface area (Å²) >= 11 is 0. The lowest BCUT2D eigenvalue weighted by molar-refractivity contribution is 0.0474. The standard InChI is InChI=1S/C14H29NO/c1-13(2)8-6-12(7-9-13)15(5)11-10-14(3,4)16/h12,16H,6-11H2,1-5H3. The Bertz CT molecular complexity index is 207. The summed E-state index contributed by atoms with van der Waals surface area (Å²) in [6, 6.07) is 0.732. The average molecular weight is 227 g/mol. The highest BCUT2D eigenvalue weighted by molar-refractivity contribution is 4.83. The zero-order valence-electron chi connectivity index (χ0n) is 11.7. The van der Waals surface area contributed by atoms with Gasteiger partial charge in [-0.3, -0.25) is 0 Å². The van der Waals surface area contributed by atoms with Crippen LogP contribution in [0.15, 0.2) is 0 Å². The number of hydrogen-bond donors (Lipinski definition) is 1. The van der Waals surface area contributed by atoms with E-state index in [4.69, 9.17) is 0 Å². The van der Waals surface area contributed by atoms with Crippen LogP contribution in [0.3, 0.4) is 0 Å². The molecule has 0 aromatic carbocycles. The van der Waals surface area contributed by atoms with Gasteiger partial charge in [-0.05, 0) is 58.4 Å². The fourth-order valence-corrected chi connectivity index (χ4v) is 2.46. The number of nitrogens with zero attached hydrogens (tertiary/aromatic N) is 1. The maximum absolute atomic E-state index is 9.72. The summed E-state index contributed by atoms with van der Waals surface area (Å²) in [7, 11) is 2.20. The van der Waals surface area contributed by atoms with Gasteiger partial charge in [-0.15, -0.1) is 0 Å². The normalized spacial score (nSPS) is 22.7. The minimum atomic E-state index is -0.526. The van der Waals surface area contributed by atoms with Crippen molar-refractivity contribution >= 4 is 0 Å². The Labute approximate surface area is 101 Å². The predicted octanol–water partition coefficient (Wildman–Crippen LogP) is 3.05. The van der Waals surface area contributed by atoms with Gasteiger partial charge in [-0.1, -0.05) is 13.8 Å². The molecule has 0 heterocycles. The van der Waals surface area contributed by atoms with E-state index in [1.807, 2.05) is 13.8 Å². The van der Waals surface area contributed by atoms with Crippen molar-refractivity contribution in [2.75, 3.05) is 13.6 Å². The molecule has 0 atom stereocenters. The number of rotatable bonds is 4. The minimum Gasteiger partial charge on any atom is -0.390 e. The molecule has 1 rings (SSSR count). The van der Waals surface area contributed by atoms with Crippen LogP contribution in [0.4, 0.5) is 0 Å². The van der Waals surface area contributed by atoms with Crippen molar-refractivity contribution in [3.63, 3.8) is 0 Å². The van der Waals surface area contributed by atoms with Gasteiger partial charge in [0, 0.05) is 12.6 Å². The molecule has 0 spiro atoms. The predicted molar refractivity (Wildman–Crippen MR) is 69.6 cm³/mol. The smallest absolute Gasteiger partial charge is 0.0603 e. The number of aliphatic hydroxyl groups is 1. The fourth-order valence-electron chi connectivity index (χ4n) is 2.46. The summed E-state index contributed by atoms with van der Waals surface area (Å²) in [5.74, 6) is 0. The second-order valence-electron chi connectivity index (χ2n) is 6.94. The summed E-state index contributed by atoms with van der Waals surface area (Å²) in [6.07, 6.45) is 6.17. The van der Waals surface area contributed by atoms with Gasteiger partial charge in [0.25, 0.3) is 0 Å². The van der Waals surface area contributed by atoms with Gasteiger partial charge in [-0.2, -0.15) is 0 Å². The first-order chi connectivity index (χ1) is 7.20. The Morgan fingerprint density at radius 2 is 1.75 bits per heavy atom. The van der Waals surface area contributed by atoms with E-state index in [-0.39, 0.29) is 0 Å². The average Bonchev–Trinajstić information content (AvgIpc) is 2.13. The van der Waals surface area contributed by atoms with E-state index < -0.39 is 5.60 Å². The molecule has 16 heavy (non-hydrogen) atoms. The van der Waals surface area contributed by atoms with Crippen LogP contribution in [0.25, 0.3) is 0 Å². The SMILES string of the molecule is CN(CCC(C)(C)O)C1CCC(C)(C)CC1. The molecule has 1 aliphatic carbocycles. The third-order valence-corrected chi connectivity index (χ3v) is 4.01. The monoisotopic (exact) mass is 227 g/mol. The second kappa shape index (κ2) is 5.05. The summed E-state index contributed by atoms with van der Waals surface area (Å²) < 4.78 is 0. The van der Waals surface area contributed by atoms with Crippen LogP contribution in [0.5, 0.6) is 0 Å². The van der Waals surface area contributed by atoms with Crippen LogP contribution >= 0.6 is 0 Å². The first kappa shape index (κ1) is 14.0. The first-order valence-corrected chi connectivity index (χ1v) is 6.62. The topological polar surface area (TPSA) is 23.5 Å². The molecule has 1 fully saturated rings. The van der Waals surface area contributed by atoms with Gasteiger partial charge in [-0.25, -0.2) is 0 Å². The highest BCUT2D eigenvalue weighted by Gasteiger charge is 2.29. The molecule has 1 saturated carbocycles. The van der Waals surface area contributed by atoms with Gasteiger partial charge >= 0.3 is 0 Å². The van der Waals surface area contributed by atoms with Gasteiger partial charge < -0.3 is 10.0 Å². The molecule has 0 saturated heterocycles. The summed E-state index contributed by atoms with van der Waals surface area (Å²) in [4.78, 5) is 2.44. The van der Waals surface area contributed by atoms with E-state index in [2.05, 4.69) is 25.8 Å². The van der Waals surface area contributed by atoms with Crippen molar-refractivity contribution < 1.29 is 5.11 Å². The van der Waals surface area contributed by atoms with Crippen molar-refractivity contribution in [1.29, 1.82) is 0 Å². The fraction of sp³-hybridized carbons (Fsp3) is 1.00. The van der Waals surface area contributed by atoms with Crippen molar-refractivity contribution in [3.05, 3.63) is 0 Å². The molecule has 2 heteroatoms. The van der Waals surface area contributed by atoms with E-state index in [1.165, 1.54) is 25.7 Å². The van der Waals surface area contributed by atoms with Gasteiger partial charge in [0.15, 0.2) is 0 Å². The third-order valence-electron chi connectivity index (χ3n) is 4.01. The quantitative estimate of drug-likeness (QED) is 0.798. The molecular weight excluding hydrogens is 198 g/mol. The van der Waals surface area contributed by atoms with Gasteiger partial charge in [0.2, 0.25) is 0 Å². The van der Waals surface area contributed by atoms with Crippen LogP contribution in [0, 0.1) is 5.41 Å². The second-order valence-corrected chi connectivity index (χ2v) is 6.94. The third kappa shape index (κ3) is 4.84. The summed E-state index contributed by atoms with van der Waals surface area (Å²) in [5.41, 5.74) is 0.0236. The Balaban J connectivity index is 2.31. The van der Waals surface area contributed by atoms with E-state index in [9.17, 15) is 5.11 Å². The Morgan fingerprint density at radius 1 is 1.25 bits per heavy atom. The highest BCUT2D eigenvalue weighted by Crippen LogP contribution is 2.36. The maximum Gasteiger partial charge on any atom is 0.0603 e. The van der Waals surface area contributed by atoms with Crippen molar-refractivity contribution in [1.82, 2.24) is 4.90 Å². The minimum absolute atomic E-state index is 0.526. The Hall–Kier alpha value is -0.0800. The molecule has 0 aromatic rings. The van der Waals surface area contributed by atoms with Crippen LogP contribution in [-0.2, 0) is 0 Å². The molecule has 0 aromatic heterocycles. The lowest BCUT2D eigenvalue weighted by atomic mass is 9.75.